The molecule has 104 valence electrons. The fourth-order valence-corrected chi connectivity index (χ4v) is 2.90. The lowest BCUT2D eigenvalue weighted by molar-refractivity contribution is 0.0909. The van der Waals surface area contributed by atoms with E-state index in [1.54, 1.807) is 0 Å². The first-order chi connectivity index (χ1) is 9.06. The molecule has 0 heterocycles. The molecule has 0 aliphatic heterocycles. The Kier molecular flexibility index (Phi) is 4.35. The summed E-state index contributed by atoms with van der Waals surface area (Å²) in [6, 6.07) is 7.64. The fourth-order valence-electron chi connectivity index (χ4n) is 2.57. The third-order valence-corrected chi connectivity index (χ3v) is 4.35. The van der Waals surface area contributed by atoms with Crippen molar-refractivity contribution in [2.24, 2.45) is 0 Å². The van der Waals surface area contributed by atoms with E-state index in [1.807, 2.05) is 43.3 Å². The molecule has 0 saturated heterocycles. The number of nitrogens with one attached hydrogen (secondary N) is 1. The first-order valence-corrected chi connectivity index (χ1v) is 7.26. The second-order valence-electron chi connectivity index (χ2n) is 5.52. The Hall–Kier alpha value is -1.22. The predicted octanol–water partition coefficient (Wildman–Crippen LogP) is 3.03. The van der Waals surface area contributed by atoms with Gasteiger partial charge in [-0.15, -0.1) is 11.6 Å². The topological polar surface area (TPSA) is 32.3 Å². The molecule has 3 nitrogen and oxygen atoms in total. The fraction of sp³-hybridized carbons (Fsp3) is 0.533. The number of carbonyl (C=O) groups is 1. The molecule has 19 heavy (non-hydrogen) atoms. The van der Waals surface area contributed by atoms with Crippen molar-refractivity contribution in [3.8, 4) is 0 Å². The minimum absolute atomic E-state index is 0.0205. The van der Waals surface area contributed by atoms with Gasteiger partial charge in [0.25, 0.3) is 5.91 Å². The highest BCUT2D eigenvalue weighted by molar-refractivity contribution is 6.19. The molecular weight excluding hydrogens is 260 g/mol. The van der Waals surface area contributed by atoms with Gasteiger partial charge in [0.2, 0.25) is 0 Å². The van der Waals surface area contributed by atoms with Gasteiger partial charge < -0.3 is 10.2 Å². The van der Waals surface area contributed by atoms with Crippen molar-refractivity contribution in [3.63, 3.8) is 0 Å². The number of carbonyl (C=O) groups excluding carboxylic acids is 1. The van der Waals surface area contributed by atoms with Crippen LogP contribution in [-0.2, 0) is 0 Å². The highest BCUT2D eigenvalue weighted by atomic mass is 35.5. The monoisotopic (exact) mass is 280 g/mol. The Balaban J connectivity index is 2.07. The molecule has 0 bridgehead atoms. The van der Waals surface area contributed by atoms with E-state index in [0.29, 0.717) is 11.4 Å². The highest BCUT2D eigenvalue weighted by Gasteiger charge is 2.34. The SMILES string of the molecule is CN(C)c1ccc(C(=O)NC2(CCl)CCCC2)cc1. The summed E-state index contributed by atoms with van der Waals surface area (Å²) >= 11 is 6.04. The van der Waals surface area contributed by atoms with E-state index in [-0.39, 0.29) is 11.4 Å². The summed E-state index contributed by atoms with van der Waals surface area (Å²) in [5.41, 5.74) is 1.59. The Bertz CT molecular complexity index is 436. The van der Waals surface area contributed by atoms with Gasteiger partial charge in [-0.25, -0.2) is 0 Å². The van der Waals surface area contributed by atoms with E-state index >= 15 is 0 Å². The lowest BCUT2D eigenvalue weighted by Crippen LogP contribution is -2.47. The Morgan fingerprint density at radius 2 is 1.84 bits per heavy atom. The second kappa shape index (κ2) is 5.83. The molecule has 1 N–H and O–H groups in total. The maximum Gasteiger partial charge on any atom is 0.251 e. The van der Waals surface area contributed by atoms with Crippen LogP contribution in [0.5, 0.6) is 0 Å². The Morgan fingerprint density at radius 3 is 2.32 bits per heavy atom. The standard InChI is InChI=1S/C15H21ClN2O/c1-18(2)13-7-5-12(6-8-13)14(19)17-15(11-16)9-3-4-10-15/h5-8H,3-4,9-11H2,1-2H3,(H,17,19). The summed E-state index contributed by atoms with van der Waals surface area (Å²) < 4.78 is 0. The zero-order chi connectivity index (χ0) is 13.9. The molecule has 0 atom stereocenters. The predicted molar refractivity (Wildman–Crippen MR) is 80.2 cm³/mol. The van der Waals surface area contributed by atoms with Crippen LogP contribution in [0.15, 0.2) is 24.3 Å². The summed E-state index contributed by atoms with van der Waals surface area (Å²) in [4.78, 5) is 14.3. The smallest absolute Gasteiger partial charge is 0.251 e. The quantitative estimate of drug-likeness (QED) is 0.860. The van der Waals surface area contributed by atoms with Gasteiger partial charge in [-0.05, 0) is 37.1 Å². The third-order valence-electron chi connectivity index (χ3n) is 3.84. The number of benzene rings is 1. The van der Waals surface area contributed by atoms with Gasteiger partial charge >= 0.3 is 0 Å². The van der Waals surface area contributed by atoms with Crippen molar-refractivity contribution >= 4 is 23.2 Å². The molecule has 1 aromatic rings. The first-order valence-electron chi connectivity index (χ1n) is 6.72. The number of rotatable bonds is 4. The van der Waals surface area contributed by atoms with Crippen LogP contribution in [0.2, 0.25) is 0 Å². The van der Waals surface area contributed by atoms with Crippen LogP contribution in [0.1, 0.15) is 36.0 Å². The minimum Gasteiger partial charge on any atom is -0.378 e. The van der Waals surface area contributed by atoms with Crippen molar-refractivity contribution in [3.05, 3.63) is 29.8 Å². The van der Waals surface area contributed by atoms with Crippen LogP contribution in [0.4, 0.5) is 5.69 Å². The highest BCUT2D eigenvalue weighted by Crippen LogP contribution is 2.31. The molecule has 1 aliphatic carbocycles. The van der Waals surface area contributed by atoms with E-state index in [0.717, 1.165) is 31.4 Å². The number of hydrogen-bond donors (Lipinski definition) is 1. The zero-order valence-corrected chi connectivity index (χ0v) is 12.3. The number of nitrogens with zero attached hydrogens (tertiary/aromatic N) is 1. The normalized spacial score (nSPS) is 17.2. The molecule has 1 amide bonds. The summed E-state index contributed by atoms with van der Waals surface area (Å²) in [5, 5.41) is 3.12. The van der Waals surface area contributed by atoms with Crippen LogP contribution in [0, 0.1) is 0 Å². The molecule has 0 aromatic heterocycles. The van der Waals surface area contributed by atoms with E-state index in [4.69, 9.17) is 11.6 Å². The van der Waals surface area contributed by atoms with E-state index in [9.17, 15) is 4.79 Å². The van der Waals surface area contributed by atoms with Crippen LogP contribution >= 0.6 is 11.6 Å². The van der Waals surface area contributed by atoms with Crippen LogP contribution in [0.25, 0.3) is 0 Å². The molecule has 1 aromatic carbocycles. The van der Waals surface area contributed by atoms with E-state index < -0.39 is 0 Å². The van der Waals surface area contributed by atoms with Gasteiger partial charge in [-0.2, -0.15) is 0 Å². The van der Waals surface area contributed by atoms with E-state index in [1.165, 1.54) is 0 Å². The van der Waals surface area contributed by atoms with Gasteiger partial charge in [-0.1, -0.05) is 12.8 Å². The van der Waals surface area contributed by atoms with Crippen molar-refractivity contribution in [1.82, 2.24) is 5.32 Å². The number of alkyl halides is 1. The van der Waals surface area contributed by atoms with Crippen molar-refractivity contribution in [1.29, 1.82) is 0 Å². The third kappa shape index (κ3) is 3.21. The van der Waals surface area contributed by atoms with Gasteiger partial charge in [0.1, 0.15) is 0 Å². The molecular formula is C15H21ClN2O. The lowest BCUT2D eigenvalue weighted by atomic mass is 9.99. The van der Waals surface area contributed by atoms with Gasteiger partial charge in [0, 0.05) is 31.2 Å². The average molecular weight is 281 g/mol. The number of hydrogen-bond acceptors (Lipinski definition) is 2. The van der Waals surface area contributed by atoms with Gasteiger partial charge in [0.05, 0.1) is 5.54 Å². The van der Waals surface area contributed by atoms with Crippen LogP contribution in [0.3, 0.4) is 0 Å². The minimum atomic E-state index is -0.196. The zero-order valence-electron chi connectivity index (χ0n) is 11.6. The van der Waals surface area contributed by atoms with Crippen LogP contribution in [-0.4, -0.2) is 31.4 Å². The maximum atomic E-state index is 12.3. The molecule has 1 saturated carbocycles. The van der Waals surface area contributed by atoms with Crippen molar-refractivity contribution in [2.45, 2.75) is 31.2 Å². The van der Waals surface area contributed by atoms with Gasteiger partial charge in [-0.3, -0.25) is 4.79 Å². The number of anilines is 1. The Labute approximate surface area is 119 Å². The largest absolute Gasteiger partial charge is 0.378 e. The molecule has 0 radical (unpaired) electrons. The second-order valence-corrected chi connectivity index (χ2v) is 5.78. The number of halogens is 1. The summed E-state index contributed by atoms with van der Waals surface area (Å²) in [7, 11) is 3.96. The van der Waals surface area contributed by atoms with Crippen molar-refractivity contribution < 1.29 is 4.79 Å². The lowest BCUT2D eigenvalue weighted by Gasteiger charge is -2.28. The Morgan fingerprint density at radius 1 is 1.26 bits per heavy atom. The molecule has 4 heteroatoms. The van der Waals surface area contributed by atoms with E-state index in [2.05, 4.69) is 5.32 Å². The first kappa shape index (κ1) is 14.2. The molecule has 2 rings (SSSR count). The summed E-state index contributed by atoms with van der Waals surface area (Å²) in [6.07, 6.45) is 4.26. The van der Waals surface area contributed by atoms with Crippen LogP contribution < -0.4 is 10.2 Å². The summed E-state index contributed by atoms with van der Waals surface area (Å²) in [5.74, 6) is 0.474. The number of amides is 1. The average Bonchev–Trinajstić information content (AvgIpc) is 2.88. The van der Waals surface area contributed by atoms with Crippen molar-refractivity contribution in [2.75, 3.05) is 24.9 Å². The molecule has 1 aliphatic rings. The van der Waals surface area contributed by atoms with Gasteiger partial charge in [0.15, 0.2) is 0 Å². The maximum absolute atomic E-state index is 12.3. The molecule has 1 fully saturated rings. The molecule has 0 unspecified atom stereocenters. The molecule has 0 spiro atoms. The summed E-state index contributed by atoms with van der Waals surface area (Å²) in [6.45, 7) is 0.